The molecule has 0 heterocycles. The maximum atomic E-state index is 12.8. The van der Waals surface area contributed by atoms with Crippen LogP contribution < -0.4 is 4.72 Å². The van der Waals surface area contributed by atoms with Crippen LogP contribution in [0.1, 0.15) is 5.56 Å². The molecule has 0 radical (unpaired) electrons. The molecule has 6 heteroatoms. The van der Waals surface area contributed by atoms with E-state index in [1.807, 2.05) is 0 Å². The van der Waals surface area contributed by atoms with Gasteiger partial charge in [0, 0.05) is 12.4 Å². The number of nitrogens with one attached hydrogen (secondary N) is 1. The zero-order valence-corrected chi connectivity index (χ0v) is 10.9. The molecule has 0 aliphatic heterocycles. The number of halogens is 2. The molecule has 0 unspecified atom stereocenters. The predicted octanol–water partition coefficient (Wildman–Crippen LogP) is 2.21. The van der Waals surface area contributed by atoms with Crippen LogP contribution in [0.3, 0.4) is 0 Å². The Morgan fingerprint density at radius 1 is 1.41 bits per heavy atom. The van der Waals surface area contributed by atoms with Gasteiger partial charge >= 0.3 is 0 Å². The minimum Gasteiger partial charge on any atom is -0.207 e. The molecule has 0 aliphatic carbocycles. The van der Waals surface area contributed by atoms with Crippen LogP contribution in [0, 0.1) is 12.7 Å². The summed E-state index contributed by atoms with van der Waals surface area (Å²) < 4.78 is 38.9. The van der Waals surface area contributed by atoms with Crippen LogP contribution in [0.2, 0.25) is 0 Å². The quantitative estimate of drug-likeness (QED) is 0.662. The average Bonchev–Trinajstić information content (AvgIpc) is 2.24. The minimum atomic E-state index is -3.60. The first-order chi connectivity index (χ1) is 7.97. The van der Waals surface area contributed by atoms with E-state index in [4.69, 9.17) is 11.6 Å². The normalized spacial score (nSPS) is 12.2. The Hall–Kier alpha value is -0.910. The zero-order valence-electron chi connectivity index (χ0n) is 9.28. The van der Waals surface area contributed by atoms with Gasteiger partial charge in [0.1, 0.15) is 5.82 Å². The fourth-order valence-corrected chi connectivity index (χ4v) is 2.62. The van der Waals surface area contributed by atoms with Crippen molar-refractivity contribution in [1.29, 1.82) is 0 Å². The Labute approximate surface area is 105 Å². The van der Waals surface area contributed by atoms with Gasteiger partial charge in [0.05, 0.1) is 4.90 Å². The fourth-order valence-electron chi connectivity index (χ4n) is 1.30. The molecule has 0 spiro atoms. The predicted molar refractivity (Wildman–Crippen MR) is 66.2 cm³/mol. The van der Waals surface area contributed by atoms with Crippen molar-refractivity contribution in [3.8, 4) is 0 Å². The highest BCUT2D eigenvalue weighted by Gasteiger charge is 2.15. The smallest absolute Gasteiger partial charge is 0.207 e. The molecule has 94 valence electrons. The summed E-state index contributed by atoms with van der Waals surface area (Å²) in [5.74, 6) is -0.124. The Balaban J connectivity index is 2.86. The maximum Gasteiger partial charge on any atom is 0.241 e. The van der Waals surface area contributed by atoms with Gasteiger partial charge in [-0.3, -0.25) is 0 Å². The van der Waals surface area contributed by atoms with E-state index in [9.17, 15) is 12.8 Å². The number of alkyl halides is 1. The lowest BCUT2D eigenvalue weighted by Gasteiger charge is -2.07. The minimum absolute atomic E-state index is 0.0816. The maximum absolute atomic E-state index is 12.8. The summed E-state index contributed by atoms with van der Waals surface area (Å²) in [5, 5.41) is 0. The molecule has 0 aliphatic rings. The zero-order chi connectivity index (χ0) is 12.9. The van der Waals surface area contributed by atoms with Crippen LogP contribution >= 0.6 is 11.6 Å². The van der Waals surface area contributed by atoms with Gasteiger partial charge in [-0.15, -0.1) is 11.6 Å². The second-order valence-corrected chi connectivity index (χ2v) is 5.43. The van der Waals surface area contributed by atoms with Crippen LogP contribution in [0.25, 0.3) is 0 Å². The summed E-state index contributed by atoms with van der Waals surface area (Å²) in [6.07, 6.45) is 3.25. The van der Waals surface area contributed by atoms with E-state index >= 15 is 0 Å². The van der Waals surface area contributed by atoms with E-state index in [2.05, 4.69) is 4.72 Å². The van der Waals surface area contributed by atoms with Crippen molar-refractivity contribution in [1.82, 2.24) is 4.72 Å². The summed E-state index contributed by atoms with van der Waals surface area (Å²) in [4.78, 5) is 0.0816. The lowest BCUT2D eigenvalue weighted by Crippen LogP contribution is -2.24. The second kappa shape index (κ2) is 6.14. The van der Waals surface area contributed by atoms with Gasteiger partial charge in [0.2, 0.25) is 10.0 Å². The van der Waals surface area contributed by atoms with Crippen molar-refractivity contribution in [2.75, 3.05) is 12.4 Å². The standard InChI is InChI=1S/C11H13ClFNO2S/c1-9-8-10(13)4-5-11(9)17(15,16)14-7-3-2-6-12/h2-5,8,14H,6-7H2,1H3/b3-2+. The van der Waals surface area contributed by atoms with Crippen LogP contribution in [0.15, 0.2) is 35.2 Å². The number of rotatable bonds is 5. The van der Waals surface area contributed by atoms with Gasteiger partial charge < -0.3 is 0 Å². The molecule has 1 rings (SSSR count). The fraction of sp³-hybridized carbons (Fsp3) is 0.273. The van der Waals surface area contributed by atoms with Gasteiger partial charge in [-0.05, 0) is 30.7 Å². The van der Waals surface area contributed by atoms with Crippen molar-refractivity contribution in [3.63, 3.8) is 0 Å². The van der Waals surface area contributed by atoms with Crippen LogP contribution in [-0.4, -0.2) is 20.8 Å². The molecular formula is C11H13ClFNO2S. The highest BCUT2D eigenvalue weighted by atomic mass is 35.5. The summed E-state index contributed by atoms with van der Waals surface area (Å²) in [6, 6.07) is 3.55. The topological polar surface area (TPSA) is 46.2 Å². The molecule has 1 aromatic carbocycles. The average molecular weight is 278 g/mol. The van der Waals surface area contributed by atoms with Gasteiger partial charge in [-0.2, -0.15) is 0 Å². The monoisotopic (exact) mass is 277 g/mol. The van der Waals surface area contributed by atoms with Gasteiger partial charge in [-0.25, -0.2) is 17.5 Å². The number of hydrogen-bond donors (Lipinski definition) is 1. The molecule has 17 heavy (non-hydrogen) atoms. The van der Waals surface area contributed by atoms with Crippen LogP contribution in [0.5, 0.6) is 0 Å². The van der Waals surface area contributed by atoms with E-state index < -0.39 is 15.8 Å². The van der Waals surface area contributed by atoms with E-state index in [-0.39, 0.29) is 11.4 Å². The van der Waals surface area contributed by atoms with E-state index in [1.165, 1.54) is 12.1 Å². The molecule has 0 atom stereocenters. The molecule has 0 amide bonds. The number of sulfonamides is 1. The Morgan fingerprint density at radius 2 is 2.12 bits per heavy atom. The number of hydrogen-bond acceptors (Lipinski definition) is 2. The van der Waals surface area contributed by atoms with Crippen molar-refractivity contribution in [2.45, 2.75) is 11.8 Å². The largest absolute Gasteiger partial charge is 0.241 e. The number of aryl methyl sites for hydroxylation is 1. The summed E-state index contributed by atoms with van der Waals surface area (Å²) in [6.45, 7) is 1.71. The third-order valence-corrected chi connectivity index (χ3v) is 3.84. The first kappa shape index (κ1) is 14.2. The van der Waals surface area contributed by atoms with Gasteiger partial charge in [0.25, 0.3) is 0 Å². The van der Waals surface area contributed by atoms with E-state index in [0.29, 0.717) is 11.4 Å². The summed E-state index contributed by atoms with van der Waals surface area (Å²) >= 11 is 5.41. The van der Waals surface area contributed by atoms with Gasteiger partial charge in [0.15, 0.2) is 0 Å². The van der Waals surface area contributed by atoms with E-state index in [0.717, 1.165) is 6.07 Å². The Kier molecular flexibility index (Phi) is 5.11. The van der Waals surface area contributed by atoms with Crippen molar-refractivity contribution in [2.24, 2.45) is 0 Å². The van der Waals surface area contributed by atoms with Crippen molar-refractivity contribution >= 4 is 21.6 Å². The molecule has 1 aromatic rings. The molecule has 0 bridgehead atoms. The molecule has 0 aromatic heterocycles. The summed E-state index contributed by atoms with van der Waals surface area (Å²) in [5.41, 5.74) is 0.374. The van der Waals surface area contributed by atoms with Crippen molar-refractivity contribution in [3.05, 3.63) is 41.7 Å². The third-order valence-electron chi connectivity index (χ3n) is 2.07. The van der Waals surface area contributed by atoms with Gasteiger partial charge in [-0.1, -0.05) is 12.2 Å². The second-order valence-electron chi connectivity index (χ2n) is 3.39. The third kappa shape index (κ3) is 4.11. The number of allylic oxidation sites excluding steroid dienone is 1. The molecule has 0 fully saturated rings. The SMILES string of the molecule is Cc1cc(F)ccc1S(=O)(=O)NC/C=C/CCl. The molecule has 1 N–H and O–H groups in total. The van der Waals surface area contributed by atoms with Crippen LogP contribution in [-0.2, 0) is 10.0 Å². The lowest BCUT2D eigenvalue weighted by molar-refractivity contribution is 0.583. The molecule has 0 saturated carbocycles. The summed E-state index contributed by atoms with van der Waals surface area (Å²) in [7, 11) is -3.60. The molecular weight excluding hydrogens is 265 g/mol. The lowest BCUT2D eigenvalue weighted by atomic mass is 10.2. The highest BCUT2D eigenvalue weighted by molar-refractivity contribution is 7.89. The van der Waals surface area contributed by atoms with Crippen molar-refractivity contribution < 1.29 is 12.8 Å². The number of benzene rings is 1. The molecule has 0 saturated heterocycles. The first-order valence-corrected chi connectivity index (χ1v) is 6.96. The van der Waals surface area contributed by atoms with Crippen LogP contribution in [0.4, 0.5) is 4.39 Å². The Bertz CT molecular complexity index is 514. The van der Waals surface area contributed by atoms with E-state index in [1.54, 1.807) is 19.1 Å². The Morgan fingerprint density at radius 3 is 2.71 bits per heavy atom. The highest BCUT2D eigenvalue weighted by Crippen LogP contribution is 2.15. The molecule has 3 nitrogen and oxygen atoms in total. The first-order valence-electron chi connectivity index (χ1n) is 4.94.